The maximum Gasteiger partial charge on any atom is 0.0181 e. The minimum atomic E-state index is 1.08. The number of fused-ring (bicyclic) bond motifs is 1. The predicted molar refractivity (Wildman–Crippen MR) is 85.5 cm³/mol. The first-order chi connectivity index (χ1) is 9.33. The van der Waals surface area contributed by atoms with Crippen LogP contribution in [0.5, 0.6) is 0 Å². The molecule has 0 aliphatic heterocycles. The van der Waals surface area contributed by atoms with Crippen LogP contribution in [0.1, 0.15) is 11.1 Å². The van der Waals surface area contributed by atoms with Gasteiger partial charge in [0.1, 0.15) is 0 Å². The number of aryl methyl sites for hydroxylation is 2. The normalized spacial score (nSPS) is 10.8. The Hall–Kier alpha value is -1.60. The van der Waals surface area contributed by atoms with E-state index in [4.69, 9.17) is 0 Å². The molecule has 0 unspecified atom stereocenters. The molecule has 0 aliphatic carbocycles. The van der Waals surface area contributed by atoms with E-state index < -0.39 is 0 Å². The first-order valence-electron chi connectivity index (χ1n) is 6.54. The van der Waals surface area contributed by atoms with Gasteiger partial charge < -0.3 is 0 Å². The quantitative estimate of drug-likeness (QED) is 0.608. The molecule has 0 aromatic heterocycles. The average Bonchev–Trinajstić information content (AvgIpc) is 2.46. The highest BCUT2D eigenvalue weighted by Gasteiger charge is 2.02. The Kier molecular flexibility index (Phi) is 3.65. The lowest BCUT2D eigenvalue weighted by molar-refractivity contribution is 0.969. The summed E-state index contributed by atoms with van der Waals surface area (Å²) in [5.74, 6) is 0. The molecule has 0 N–H and O–H groups in total. The van der Waals surface area contributed by atoms with E-state index >= 15 is 0 Å². The fraction of sp³-hybridized carbons (Fsp3) is 0.111. The van der Waals surface area contributed by atoms with E-state index in [1.54, 1.807) is 0 Å². The molecule has 0 aliphatic rings. The van der Waals surface area contributed by atoms with Gasteiger partial charge in [0.2, 0.25) is 0 Å². The van der Waals surface area contributed by atoms with E-state index in [0.29, 0.717) is 0 Å². The SMILES string of the molecule is Brc1ccc2cccc(CCc3ccccc3)c2c1. The Bertz CT molecular complexity index is 686. The van der Waals surface area contributed by atoms with E-state index in [-0.39, 0.29) is 0 Å². The summed E-state index contributed by atoms with van der Waals surface area (Å²) in [4.78, 5) is 0. The molecule has 3 rings (SSSR count). The van der Waals surface area contributed by atoms with Crippen molar-refractivity contribution in [3.8, 4) is 0 Å². The van der Waals surface area contributed by atoms with Crippen molar-refractivity contribution in [2.75, 3.05) is 0 Å². The maximum atomic E-state index is 3.56. The molecule has 0 spiro atoms. The molecule has 0 fully saturated rings. The second kappa shape index (κ2) is 5.58. The molecule has 0 amide bonds. The summed E-state index contributed by atoms with van der Waals surface area (Å²) in [6.45, 7) is 0. The van der Waals surface area contributed by atoms with Crippen LogP contribution in [0.15, 0.2) is 71.2 Å². The summed E-state index contributed by atoms with van der Waals surface area (Å²) in [6, 6.07) is 23.7. The zero-order valence-corrected chi connectivity index (χ0v) is 12.2. The van der Waals surface area contributed by atoms with Crippen LogP contribution in [-0.2, 0) is 12.8 Å². The van der Waals surface area contributed by atoms with Gasteiger partial charge in [0.25, 0.3) is 0 Å². The Morgan fingerprint density at radius 1 is 0.737 bits per heavy atom. The van der Waals surface area contributed by atoms with Crippen molar-refractivity contribution >= 4 is 26.7 Å². The molecule has 0 heterocycles. The van der Waals surface area contributed by atoms with Crippen LogP contribution in [0.3, 0.4) is 0 Å². The van der Waals surface area contributed by atoms with Crippen molar-refractivity contribution in [2.24, 2.45) is 0 Å². The summed E-state index contributed by atoms with van der Waals surface area (Å²) in [5, 5.41) is 2.67. The molecular weight excluding hydrogens is 296 g/mol. The number of hydrogen-bond acceptors (Lipinski definition) is 0. The number of halogens is 1. The molecule has 3 aromatic rings. The van der Waals surface area contributed by atoms with Crippen molar-refractivity contribution in [2.45, 2.75) is 12.8 Å². The summed E-state index contributed by atoms with van der Waals surface area (Å²) in [6.07, 6.45) is 2.17. The van der Waals surface area contributed by atoms with Gasteiger partial charge in [0.05, 0.1) is 0 Å². The highest BCUT2D eigenvalue weighted by atomic mass is 79.9. The van der Waals surface area contributed by atoms with Gasteiger partial charge in [-0.1, -0.05) is 70.5 Å². The van der Waals surface area contributed by atoms with E-state index in [1.807, 2.05) is 0 Å². The van der Waals surface area contributed by atoms with Crippen LogP contribution in [-0.4, -0.2) is 0 Å². The molecule has 3 aromatic carbocycles. The molecule has 0 bridgehead atoms. The number of hydrogen-bond donors (Lipinski definition) is 0. The fourth-order valence-electron chi connectivity index (χ4n) is 2.45. The standard InChI is InChI=1S/C18H15Br/c19-17-12-11-16-8-4-7-15(18(16)13-17)10-9-14-5-2-1-3-6-14/h1-8,11-13H,9-10H2. The largest absolute Gasteiger partial charge is 0.0622 e. The summed E-state index contributed by atoms with van der Waals surface area (Å²) in [5.41, 5.74) is 2.82. The van der Waals surface area contributed by atoms with Crippen LogP contribution in [0, 0.1) is 0 Å². The average molecular weight is 311 g/mol. The highest BCUT2D eigenvalue weighted by Crippen LogP contribution is 2.24. The van der Waals surface area contributed by atoms with Crippen LogP contribution in [0.2, 0.25) is 0 Å². The maximum absolute atomic E-state index is 3.56. The fourth-order valence-corrected chi connectivity index (χ4v) is 2.81. The Labute approximate surface area is 122 Å². The highest BCUT2D eigenvalue weighted by molar-refractivity contribution is 9.10. The minimum Gasteiger partial charge on any atom is -0.0622 e. The van der Waals surface area contributed by atoms with Crippen LogP contribution in [0.4, 0.5) is 0 Å². The van der Waals surface area contributed by atoms with Crippen LogP contribution < -0.4 is 0 Å². The first-order valence-corrected chi connectivity index (χ1v) is 7.33. The van der Waals surface area contributed by atoms with Gasteiger partial charge in [-0.2, -0.15) is 0 Å². The number of rotatable bonds is 3. The van der Waals surface area contributed by atoms with Gasteiger partial charge in [-0.15, -0.1) is 0 Å². The summed E-state index contributed by atoms with van der Waals surface area (Å²) >= 11 is 3.56. The van der Waals surface area contributed by atoms with Gasteiger partial charge in [-0.3, -0.25) is 0 Å². The monoisotopic (exact) mass is 310 g/mol. The Morgan fingerprint density at radius 3 is 2.42 bits per heavy atom. The van der Waals surface area contributed by atoms with Gasteiger partial charge in [-0.25, -0.2) is 0 Å². The zero-order valence-electron chi connectivity index (χ0n) is 10.6. The van der Waals surface area contributed by atoms with Crippen molar-refractivity contribution in [3.05, 3.63) is 82.3 Å². The topological polar surface area (TPSA) is 0 Å². The van der Waals surface area contributed by atoms with Gasteiger partial charge in [-0.05, 0) is 46.9 Å². The van der Waals surface area contributed by atoms with E-state index in [2.05, 4.69) is 82.7 Å². The lowest BCUT2D eigenvalue weighted by Crippen LogP contribution is -1.92. The molecule has 0 saturated heterocycles. The third kappa shape index (κ3) is 2.87. The predicted octanol–water partition coefficient (Wildman–Crippen LogP) is 5.39. The molecule has 0 radical (unpaired) electrons. The van der Waals surface area contributed by atoms with Crippen molar-refractivity contribution in [1.29, 1.82) is 0 Å². The van der Waals surface area contributed by atoms with Gasteiger partial charge in [0, 0.05) is 4.47 Å². The van der Waals surface area contributed by atoms with E-state index in [1.165, 1.54) is 21.9 Å². The minimum absolute atomic E-state index is 1.08. The lowest BCUT2D eigenvalue weighted by Gasteiger charge is -2.07. The van der Waals surface area contributed by atoms with Crippen molar-refractivity contribution < 1.29 is 0 Å². The van der Waals surface area contributed by atoms with Crippen molar-refractivity contribution in [3.63, 3.8) is 0 Å². The third-order valence-corrected chi connectivity index (χ3v) is 3.95. The van der Waals surface area contributed by atoms with Crippen LogP contribution >= 0.6 is 15.9 Å². The molecule has 94 valence electrons. The summed E-state index contributed by atoms with van der Waals surface area (Å²) in [7, 11) is 0. The third-order valence-electron chi connectivity index (χ3n) is 3.46. The Morgan fingerprint density at radius 2 is 1.58 bits per heavy atom. The molecule has 0 saturated carbocycles. The summed E-state index contributed by atoms with van der Waals surface area (Å²) < 4.78 is 1.15. The number of benzene rings is 3. The molecule has 0 atom stereocenters. The second-order valence-electron chi connectivity index (χ2n) is 4.77. The smallest absolute Gasteiger partial charge is 0.0181 e. The second-order valence-corrected chi connectivity index (χ2v) is 5.68. The first kappa shape index (κ1) is 12.4. The molecule has 0 nitrogen and oxygen atoms in total. The van der Waals surface area contributed by atoms with E-state index in [0.717, 1.165) is 17.3 Å². The molecular formula is C18H15Br. The van der Waals surface area contributed by atoms with Gasteiger partial charge >= 0.3 is 0 Å². The Balaban J connectivity index is 1.90. The van der Waals surface area contributed by atoms with Crippen LogP contribution in [0.25, 0.3) is 10.8 Å². The molecule has 1 heteroatoms. The van der Waals surface area contributed by atoms with Gasteiger partial charge in [0.15, 0.2) is 0 Å². The zero-order chi connectivity index (χ0) is 13.1. The lowest BCUT2D eigenvalue weighted by atomic mass is 9.99. The van der Waals surface area contributed by atoms with E-state index in [9.17, 15) is 0 Å². The van der Waals surface area contributed by atoms with Crippen molar-refractivity contribution in [1.82, 2.24) is 0 Å². The molecule has 19 heavy (non-hydrogen) atoms.